The Morgan fingerprint density at radius 2 is 2.11 bits per heavy atom. The molecule has 0 spiro atoms. The summed E-state index contributed by atoms with van der Waals surface area (Å²) in [4.78, 5) is 6.03. The lowest BCUT2D eigenvalue weighted by atomic mass is 9.80. The topological polar surface area (TPSA) is 48.1 Å². The molecule has 1 aliphatic carbocycles. The van der Waals surface area contributed by atoms with Crippen LogP contribution in [0.3, 0.4) is 0 Å². The first-order chi connectivity index (χ1) is 8.65. The van der Waals surface area contributed by atoms with Crippen LogP contribution in [0.5, 0.6) is 0 Å². The molecule has 1 heterocycles. The Morgan fingerprint density at radius 3 is 2.56 bits per heavy atom. The Labute approximate surface area is 114 Å². The summed E-state index contributed by atoms with van der Waals surface area (Å²) in [5.74, 6) is 0.813. The van der Waals surface area contributed by atoms with E-state index in [1.165, 1.54) is 17.7 Å². The summed E-state index contributed by atoms with van der Waals surface area (Å²) in [7, 11) is 1.82. The van der Waals surface area contributed by atoms with Gasteiger partial charge in [-0.1, -0.05) is 13.8 Å². The highest BCUT2D eigenvalue weighted by Gasteiger charge is 2.39. The summed E-state index contributed by atoms with van der Waals surface area (Å²) in [5.41, 5.74) is 6.82. The molecule has 3 nitrogen and oxygen atoms in total. The van der Waals surface area contributed by atoms with Crippen molar-refractivity contribution in [1.82, 2.24) is 4.98 Å². The third kappa shape index (κ3) is 2.46. The third-order valence-corrected chi connectivity index (χ3v) is 5.47. The number of nitrogens with zero attached hydrogens (tertiary/aromatic N) is 1. The van der Waals surface area contributed by atoms with Crippen LogP contribution in [0.25, 0.3) is 0 Å². The van der Waals surface area contributed by atoms with Crippen LogP contribution in [0.4, 0.5) is 0 Å². The summed E-state index contributed by atoms with van der Waals surface area (Å²) >= 11 is 1.75. The van der Waals surface area contributed by atoms with Gasteiger partial charge in [-0.25, -0.2) is 4.98 Å². The maximum atomic E-state index is 5.88. The average molecular weight is 268 g/mol. The number of nitrogens with two attached hydrogens (primary N) is 1. The number of aryl methyl sites for hydroxylation is 1. The van der Waals surface area contributed by atoms with E-state index in [1.807, 2.05) is 7.11 Å². The first kappa shape index (κ1) is 14.0. The molecular weight excluding hydrogens is 244 g/mol. The second-order valence-corrected chi connectivity index (χ2v) is 6.41. The molecule has 2 N–H and O–H groups in total. The van der Waals surface area contributed by atoms with E-state index in [0.29, 0.717) is 6.54 Å². The van der Waals surface area contributed by atoms with Crippen molar-refractivity contribution in [2.24, 2.45) is 11.7 Å². The predicted molar refractivity (Wildman–Crippen MR) is 75.7 cm³/mol. The largest absolute Gasteiger partial charge is 0.371 e. The molecule has 0 unspecified atom stereocenters. The lowest BCUT2D eigenvalue weighted by Gasteiger charge is -2.36. The van der Waals surface area contributed by atoms with Crippen LogP contribution < -0.4 is 5.73 Å². The van der Waals surface area contributed by atoms with Crippen molar-refractivity contribution in [2.75, 3.05) is 7.11 Å². The van der Waals surface area contributed by atoms with E-state index in [2.05, 4.69) is 13.8 Å². The summed E-state index contributed by atoms with van der Waals surface area (Å²) in [5, 5.41) is 1.15. The average Bonchev–Trinajstić information content (AvgIpc) is 2.84. The maximum Gasteiger partial charge on any atom is 0.125 e. The maximum absolute atomic E-state index is 5.88. The van der Waals surface area contributed by atoms with Gasteiger partial charge in [0.15, 0.2) is 0 Å². The number of methoxy groups -OCH3 is 1. The smallest absolute Gasteiger partial charge is 0.125 e. The van der Waals surface area contributed by atoms with E-state index >= 15 is 0 Å². The van der Waals surface area contributed by atoms with Crippen molar-refractivity contribution in [1.29, 1.82) is 0 Å². The van der Waals surface area contributed by atoms with Gasteiger partial charge < -0.3 is 10.5 Å². The Balaban J connectivity index is 2.29. The van der Waals surface area contributed by atoms with E-state index < -0.39 is 0 Å². The fourth-order valence-corrected chi connectivity index (χ4v) is 4.00. The molecule has 0 aromatic carbocycles. The molecule has 0 bridgehead atoms. The molecule has 1 aliphatic rings. The zero-order chi connectivity index (χ0) is 13.2. The second-order valence-electron chi connectivity index (χ2n) is 5.33. The van der Waals surface area contributed by atoms with Crippen LogP contribution in [0, 0.1) is 5.92 Å². The molecule has 0 saturated heterocycles. The van der Waals surface area contributed by atoms with Crippen molar-refractivity contribution in [2.45, 2.75) is 58.1 Å². The zero-order valence-corrected chi connectivity index (χ0v) is 12.5. The van der Waals surface area contributed by atoms with Crippen molar-refractivity contribution in [3.05, 3.63) is 15.6 Å². The molecular formula is C14H24N2OS. The highest BCUT2D eigenvalue weighted by Crippen LogP contribution is 2.44. The van der Waals surface area contributed by atoms with Gasteiger partial charge in [0, 0.05) is 18.5 Å². The number of hydrogen-bond acceptors (Lipinski definition) is 4. The van der Waals surface area contributed by atoms with Gasteiger partial charge in [-0.2, -0.15) is 0 Å². The molecule has 1 saturated carbocycles. The van der Waals surface area contributed by atoms with Gasteiger partial charge in [0.2, 0.25) is 0 Å². The number of hydrogen-bond donors (Lipinski definition) is 1. The number of rotatable bonds is 4. The summed E-state index contributed by atoms with van der Waals surface area (Å²) in [6, 6.07) is 0. The standard InChI is InChI=1S/C14H24N2OS/c1-4-11-12(9-15)18-13(16-11)14(17-3)7-5-10(2)6-8-14/h10H,4-9,15H2,1-3H3. The van der Waals surface area contributed by atoms with Crippen LogP contribution >= 0.6 is 11.3 Å². The molecule has 18 heavy (non-hydrogen) atoms. The summed E-state index contributed by atoms with van der Waals surface area (Å²) < 4.78 is 5.88. The van der Waals surface area contributed by atoms with Gasteiger partial charge in [0.1, 0.15) is 10.6 Å². The molecule has 0 aliphatic heterocycles. The third-order valence-electron chi connectivity index (χ3n) is 4.16. The van der Waals surface area contributed by atoms with E-state index in [4.69, 9.17) is 15.5 Å². The SMILES string of the molecule is CCc1nc(C2(OC)CCC(C)CC2)sc1CN. The van der Waals surface area contributed by atoms with E-state index in [1.54, 1.807) is 11.3 Å². The molecule has 2 rings (SSSR count). The van der Waals surface area contributed by atoms with Crippen molar-refractivity contribution < 1.29 is 4.74 Å². The molecule has 4 heteroatoms. The van der Waals surface area contributed by atoms with Gasteiger partial charge in [0.25, 0.3) is 0 Å². The lowest BCUT2D eigenvalue weighted by Crippen LogP contribution is -2.33. The molecule has 102 valence electrons. The van der Waals surface area contributed by atoms with Crippen LogP contribution in [0.1, 0.15) is 55.1 Å². The minimum Gasteiger partial charge on any atom is -0.371 e. The van der Waals surface area contributed by atoms with Gasteiger partial charge >= 0.3 is 0 Å². The van der Waals surface area contributed by atoms with E-state index in [0.717, 1.165) is 35.9 Å². The Bertz CT molecular complexity index is 373. The zero-order valence-electron chi connectivity index (χ0n) is 11.7. The molecule has 0 atom stereocenters. The van der Waals surface area contributed by atoms with E-state index in [9.17, 15) is 0 Å². The van der Waals surface area contributed by atoms with Gasteiger partial charge in [-0.15, -0.1) is 11.3 Å². The fraction of sp³-hybridized carbons (Fsp3) is 0.786. The van der Waals surface area contributed by atoms with Crippen LogP contribution in [0.15, 0.2) is 0 Å². The van der Waals surface area contributed by atoms with Crippen LogP contribution in [-0.4, -0.2) is 12.1 Å². The monoisotopic (exact) mass is 268 g/mol. The summed E-state index contributed by atoms with van der Waals surface area (Å²) in [6.45, 7) is 5.06. The predicted octanol–water partition coefficient (Wildman–Crippen LogP) is 3.22. The number of aromatic nitrogens is 1. The summed E-state index contributed by atoms with van der Waals surface area (Å²) in [6.07, 6.45) is 5.59. The molecule has 0 amide bonds. The van der Waals surface area contributed by atoms with Gasteiger partial charge in [-0.3, -0.25) is 0 Å². The van der Waals surface area contributed by atoms with Crippen molar-refractivity contribution >= 4 is 11.3 Å². The van der Waals surface area contributed by atoms with Crippen molar-refractivity contribution in [3.63, 3.8) is 0 Å². The molecule has 1 fully saturated rings. The highest BCUT2D eigenvalue weighted by molar-refractivity contribution is 7.11. The molecule has 0 radical (unpaired) electrons. The Morgan fingerprint density at radius 1 is 1.44 bits per heavy atom. The van der Waals surface area contributed by atoms with Gasteiger partial charge in [0.05, 0.1) is 5.69 Å². The number of ether oxygens (including phenoxy) is 1. The van der Waals surface area contributed by atoms with Crippen LogP contribution in [-0.2, 0) is 23.3 Å². The van der Waals surface area contributed by atoms with E-state index in [-0.39, 0.29) is 5.60 Å². The minimum absolute atomic E-state index is 0.144. The Hall–Kier alpha value is -0.450. The number of thiazole rings is 1. The first-order valence-electron chi connectivity index (χ1n) is 6.89. The molecule has 1 aromatic rings. The van der Waals surface area contributed by atoms with Crippen molar-refractivity contribution in [3.8, 4) is 0 Å². The first-order valence-corrected chi connectivity index (χ1v) is 7.71. The normalized spacial score (nSPS) is 28.6. The van der Waals surface area contributed by atoms with Gasteiger partial charge in [-0.05, 0) is 38.0 Å². The highest BCUT2D eigenvalue weighted by atomic mass is 32.1. The molecule has 1 aromatic heterocycles. The van der Waals surface area contributed by atoms with Crippen LogP contribution in [0.2, 0.25) is 0 Å². The second kappa shape index (κ2) is 5.68. The fourth-order valence-electron chi connectivity index (χ4n) is 2.75. The lowest BCUT2D eigenvalue weighted by molar-refractivity contribution is -0.0531. The quantitative estimate of drug-likeness (QED) is 0.912. The minimum atomic E-state index is -0.144. The Kier molecular flexibility index (Phi) is 4.41.